The van der Waals surface area contributed by atoms with E-state index in [1.54, 1.807) is 6.07 Å². The van der Waals surface area contributed by atoms with Gasteiger partial charge in [0, 0.05) is 44.3 Å². The van der Waals surface area contributed by atoms with E-state index in [1.807, 2.05) is 18.7 Å². The van der Waals surface area contributed by atoms with Gasteiger partial charge in [0.05, 0.1) is 22.7 Å². The molecule has 2 heterocycles. The molecule has 0 saturated carbocycles. The van der Waals surface area contributed by atoms with Crippen molar-refractivity contribution in [1.82, 2.24) is 20.2 Å². The Hall–Kier alpha value is -1.71. The van der Waals surface area contributed by atoms with Gasteiger partial charge in [-0.3, -0.25) is 4.79 Å². The zero-order valence-corrected chi connectivity index (χ0v) is 22.5. The van der Waals surface area contributed by atoms with Gasteiger partial charge >= 0.3 is 0 Å². The van der Waals surface area contributed by atoms with E-state index >= 15 is 0 Å². The Labute approximate surface area is 223 Å². The molecule has 0 bridgehead atoms. The number of rotatable bonds is 6. The average molecular weight is 549 g/mol. The van der Waals surface area contributed by atoms with Crippen molar-refractivity contribution in [3.8, 4) is 0 Å². The number of anilines is 1. The van der Waals surface area contributed by atoms with Crippen molar-refractivity contribution >= 4 is 48.1 Å². The first-order chi connectivity index (χ1) is 15.8. The Bertz CT molecular complexity index is 1020. The molecule has 194 valence electrons. The van der Waals surface area contributed by atoms with Gasteiger partial charge < -0.3 is 20.2 Å². The second kappa shape index (κ2) is 12.5. The van der Waals surface area contributed by atoms with Crippen molar-refractivity contribution in [3.05, 3.63) is 52.2 Å². The van der Waals surface area contributed by atoms with Crippen molar-refractivity contribution in [2.45, 2.75) is 51.2 Å². The monoisotopic (exact) mass is 547 g/mol. The SMILES string of the molecule is CC(C)NC[C@@H](C(=O)N1CCN(c2ncnc3c2[C@H](C)C[C@H]3O)CC1)c1ccc(Cl)c(F)c1.Cl.Cl. The lowest BCUT2D eigenvalue weighted by atomic mass is 9.96. The fraction of sp³-hybridized carbons (Fsp3) is 0.542. The van der Waals surface area contributed by atoms with E-state index in [4.69, 9.17) is 11.6 Å². The molecule has 2 N–H and O–H groups in total. The van der Waals surface area contributed by atoms with E-state index in [0.717, 1.165) is 17.1 Å². The molecule has 0 spiro atoms. The molecule has 11 heteroatoms. The van der Waals surface area contributed by atoms with Crippen LogP contribution in [0, 0.1) is 5.82 Å². The molecule has 7 nitrogen and oxygen atoms in total. The molecule has 1 aliphatic carbocycles. The van der Waals surface area contributed by atoms with E-state index in [1.165, 1.54) is 18.5 Å². The average Bonchev–Trinajstić information content (AvgIpc) is 3.09. The minimum Gasteiger partial charge on any atom is -0.387 e. The largest absolute Gasteiger partial charge is 0.387 e. The summed E-state index contributed by atoms with van der Waals surface area (Å²) < 4.78 is 14.1. The first-order valence-electron chi connectivity index (χ1n) is 11.5. The molecule has 0 unspecified atom stereocenters. The van der Waals surface area contributed by atoms with Gasteiger partial charge in [-0.15, -0.1) is 24.8 Å². The van der Waals surface area contributed by atoms with Crippen LogP contribution in [0.3, 0.4) is 0 Å². The van der Waals surface area contributed by atoms with E-state index in [-0.39, 0.29) is 47.7 Å². The molecule has 3 atom stereocenters. The van der Waals surface area contributed by atoms with Gasteiger partial charge in [-0.2, -0.15) is 0 Å². The number of amides is 1. The highest BCUT2D eigenvalue weighted by molar-refractivity contribution is 6.30. The summed E-state index contributed by atoms with van der Waals surface area (Å²) in [7, 11) is 0. The number of aliphatic hydroxyl groups excluding tert-OH is 1. The topological polar surface area (TPSA) is 81.6 Å². The molecule has 1 aliphatic heterocycles. The smallest absolute Gasteiger partial charge is 0.231 e. The lowest BCUT2D eigenvalue weighted by Crippen LogP contribution is -2.51. The van der Waals surface area contributed by atoms with E-state index < -0.39 is 17.8 Å². The maximum absolute atomic E-state index is 14.1. The van der Waals surface area contributed by atoms with Crippen LogP contribution >= 0.6 is 36.4 Å². The second-order valence-electron chi connectivity index (χ2n) is 9.25. The third-order valence-corrected chi connectivity index (χ3v) is 6.85. The standard InChI is InChI=1S/C24H31ClFN5O2.2ClH/c1-14(2)27-12-17(16-4-5-18(25)19(26)11-16)24(33)31-8-6-30(7-9-31)23-21-15(3)10-20(32)22(21)28-13-29-23;;/h4-5,11,13-15,17,20,27,32H,6-10,12H2,1-3H3;2*1H/t15-,17-,20-;;/m1../s1. The van der Waals surface area contributed by atoms with Gasteiger partial charge in [0.15, 0.2) is 0 Å². The summed E-state index contributed by atoms with van der Waals surface area (Å²) in [5, 5.41) is 13.6. The number of hydrogen-bond donors (Lipinski definition) is 2. The number of carbonyl (C=O) groups is 1. The quantitative estimate of drug-likeness (QED) is 0.566. The highest BCUT2D eigenvalue weighted by Gasteiger charge is 2.35. The van der Waals surface area contributed by atoms with Crippen molar-refractivity contribution in [2.75, 3.05) is 37.6 Å². The molecule has 35 heavy (non-hydrogen) atoms. The molecule has 1 aromatic carbocycles. The predicted octanol–water partition coefficient (Wildman–Crippen LogP) is 4.08. The second-order valence-corrected chi connectivity index (χ2v) is 9.66. The van der Waals surface area contributed by atoms with E-state index in [0.29, 0.717) is 44.7 Å². The highest BCUT2D eigenvalue weighted by Crippen LogP contribution is 2.42. The van der Waals surface area contributed by atoms with Crippen LogP contribution in [-0.2, 0) is 4.79 Å². The van der Waals surface area contributed by atoms with Crippen LogP contribution in [0.2, 0.25) is 5.02 Å². The maximum atomic E-state index is 14.1. The van der Waals surface area contributed by atoms with Crippen molar-refractivity contribution in [3.63, 3.8) is 0 Å². The van der Waals surface area contributed by atoms with Gasteiger partial charge in [0.25, 0.3) is 0 Å². The zero-order chi connectivity index (χ0) is 23.7. The number of nitrogens with one attached hydrogen (secondary N) is 1. The fourth-order valence-electron chi connectivity index (χ4n) is 4.74. The number of aromatic nitrogens is 2. The summed E-state index contributed by atoms with van der Waals surface area (Å²) >= 11 is 5.86. The van der Waals surface area contributed by atoms with Crippen LogP contribution in [-0.4, -0.2) is 64.6 Å². The summed E-state index contributed by atoms with van der Waals surface area (Å²) in [6.07, 6.45) is 1.62. The van der Waals surface area contributed by atoms with Crippen LogP contribution < -0.4 is 10.2 Å². The van der Waals surface area contributed by atoms with Crippen LogP contribution in [0.15, 0.2) is 24.5 Å². The zero-order valence-electron chi connectivity index (χ0n) is 20.1. The fourth-order valence-corrected chi connectivity index (χ4v) is 4.86. The number of carbonyl (C=O) groups excluding carboxylic acids is 1. The van der Waals surface area contributed by atoms with Crippen LogP contribution in [0.4, 0.5) is 10.2 Å². The Kier molecular flexibility index (Phi) is 10.5. The molecule has 4 rings (SSSR count). The number of halogens is 4. The number of benzene rings is 1. The Balaban J connectivity index is 0.00000216. The summed E-state index contributed by atoms with van der Waals surface area (Å²) in [5.74, 6) is 0.00627. The molecule has 2 aliphatic rings. The number of fused-ring (bicyclic) bond motifs is 1. The summed E-state index contributed by atoms with van der Waals surface area (Å²) in [6, 6.07) is 4.79. The summed E-state index contributed by atoms with van der Waals surface area (Å²) in [5.41, 5.74) is 2.35. The third-order valence-electron chi connectivity index (χ3n) is 6.54. The van der Waals surface area contributed by atoms with Gasteiger partial charge in [-0.25, -0.2) is 14.4 Å². The maximum Gasteiger partial charge on any atom is 0.231 e. The predicted molar refractivity (Wildman–Crippen MR) is 141 cm³/mol. The molecule has 1 amide bonds. The van der Waals surface area contributed by atoms with E-state index in [2.05, 4.69) is 27.1 Å². The van der Waals surface area contributed by atoms with Gasteiger partial charge in [-0.1, -0.05) is 38.4 Å². The van der Waals surface area contributed by atoms with Crippen LogP contribution in [0.25, 0.3) is 0 Å². The Morgan fingerprint density at radius 2 is 1.91 bits per heavy atom. The molecular weight excluding hydrogens is 516 g/mol. The molecule has 1 aromatic heterocycles. The van der Waals surface area contributed by atoms with Crippen molar-refractivity contribution < 1.29 is 14.3 Å². The van der Waals surface area contributed by atoms with Gasteiger partial charge in [-0.05, 0) is 30.0 Å². The Morgan fingerprint density at radius 1 is 1.23 bits per heavy atom. The first kappa shape index (κ1) is 29.5. The van der Waals surface area contributed by atoms with E-state index in [9.17, 15) is 14.3 Å². The number of nitrogens with zero attached hydrogens (tertiary/aromatic N) is 4. The highest BCUT2D eigenvalue weighted by atomic mass is 35.5. The van der Waals surface area contributed by atoms with Crippen molar-refractivity contribution in [1.29, 1.82) is 0 Å². The normalized spacial score (nSPS) is 20.2. The first-order valence-corrected chi connectivity index (χ1v) is 11.9. The number of piperazine rings is 1. The van der Waals surface area contributed by atoms with Gasteiger partial charge in [0.2, 0.25) is 5.91 Å². The van der Waals surface area contributed by atoms with Gasteiger partial charge in [0.1, 0.15) is 18.0 Å². The minimum atomic E-state index is -0.548. The number of aliphatic hydroxyl groups is 1. The Morgan fingerprint density at radius 3 is 2.54 bits per heavy atom. The number of hydrogen-bond acceptors (Lipinski definition) is 6. The molecular formula is C24H33Cl3FN5O2. The third kappa shape index (κ3) is 6.35. The lowest BCUT2D eigenvalue weighted by Gasteiger charge is -2.38. The minimum absolute atomic E-state index is 0. The molecule has 1 fully saturated rings. The summed E-state index contributed by atoms with van der Waals surface area (Å²) in [4.78, 5) is 26.3. The summed E-state index contributed by atoms with van der Waals surface area (Å²) in [6.45, 7) is 8.90. The molecule has 0 radical (unpaired) electrons. The van der Waals surface area contributed by atoms with Crippen LogP contribution in [0.1, 0.15) is 62.0 Å². The molecule has 1 saturated heterocycles. The molecule has 2 aromatic rings. The lowest BCUT2D eigenvalue weighted by molar-refractivity contribution is -0.133. The van der Waals surface area contributed by atoms with Crippen molar-refractivity contribution in [2.24, 2.45) is 0 Å². The van der Waals surface area contributed by atoms with Crippen LogP contribution in [0.5, 0.6) is 0 Å².